The molecule has 1 aromatic rings. The van der Waals surface area contributed by atoms with Crippen LogP contribution in [0.25, 0.3) is 0 Å². The molecule has 0 aromatic heterocycles. The molecule has 94 valence electrons. The number of sulfone groups is 1. The Kier molecular flexibility index (Phi) is 3.38. The quantitative estimate of drug-likeness (QED) is 0.782. The maximum absolute atomic E-state index is 12.9. The van der Waals surface area contributed by atoms with E-state index in [1.54, 1.807) is 0 Å². The third-order valence-electron chi connectivity index (χ3n) is 2.66. The molecule has 0 atom stereocenters. The van der Waals surface area contributed by atoms with E-state index in [2.05, 4.69) is 0 Å². The molecule has 0 aliphatic rings. The zero-order chi connectivity index (χ0) is 13.4. The van der Waals surface area contributed by atoms with Crippen molar-refractivity contribution >= 4 is 15.6 Å². The molecule has 6 heteroatoms. The van der Waals surface area contributed by atoms with E-state index in [0.29, 0.717) is 6.07 Å². The second kappa shape index (κ2) is 4.18. The zero-order valence-electron chi connectivity index (χ0n) is 9.62. The lowest BCUT2D eigenvalue weighted by Crippen LogP contribution is -2.40. The molecule has 0 saturated heterocycles. The first kappa shape index (κ1) is 13.8. The van der Waals surface area contributed by atoms with E-state index < -0.39 is 32.0 Å². The predicted molar refractivity (Wildman–Crippen MR) is 59.6 cm³/mol. The average molecular weight is 262 g/mol. The van der Waals surface area contributed by atoms with Crippen molar-refractivity contribution in [3.63, 3.8) is 0 Å². The molecule has 17 heavy (non-hydrogen) atoms. The standard InChI is InChI=1S/C11H12F2O3S/c1-11(2,17(3,15)16)10(14)7-4-5-8(12)9(13)6-7/h4-6H,1-3H3. The van der Waals surface area contributed by atoms with E-state index in [9.17, 15) is 22.0 Å². The van der Waals surface area contributed by atoms with E-state index in [1.165, 1.54) is 13.8 Å². The largest absolute Gasteiger partial charge is 0.292 e. The number of hydrogen-bond acceptors (Lipinski definition) is 3. The maximum Gasteiger partial charge on any atom is 0.183 e. The van der Waals surface area contributed by atoms with Gasteiger partial charge < -0.3 is 0 Å². The first-order chi connectivity index (χ1) is 7.57. The van der Waals surface area contributed by atoms with Crippen LogP contribution in [-0.4, -0.2) is 25.2 Å². The van der Waals surface area contributed by atoms with Gasteiger partial charge in [-0.15, -0.1) is 0 Å². The molecule has 0 aliphatic heterocycles. The van der Waals surface area contributed by atoms with Gasteiger partial charge in [0.2, 0.25) is 0 Å². The van der Waals surface area contributed by atoms with Crippen LogP contribution in [0, 0.1) is 11.6 Å². The maximum atomic E-state index is 12.9. The molecular weight excluding hydrogens is 250 g/mol. The van der Waals surface area contributed by atoms with Crippen molar-refractivity contribution in [1.82, 2.24) is 0 Å². The molecule has 0 N–H and O–H groups in total. The fourth-order valence-electron chi connectivity index (χ4n) is 1.15. The first-order valence-electron chi connectivity index (χ1n) is 4.77. The predicted octanol–water partition coefficient (Wildman–Crippen LogP) is 1.97. The Labute approximate surface area is 98.4 Å². The molecular formula is C11H12F2O3S. The van der Waals surface area contributed by atoms with Crippen molar-refractivity contribution in [2.24, 2.45) is 0 Å². The van der Waals surface area contributed by atoms with E-state index in [-0.39, 0.29) is 5.56 Å². The highest BCUT2D eigenvalue weighted by Gasteiger charge is 2.39. The van der Waals surface area contributed by atoms with Crippen LogP contribution in [0.2, 0.25) is 0 Å². The number of halogens is 2. The number of Topliss-reactive ketones (excluding diaryl/α,β-unsaturated/α-hetero) is 1. The monoisotopic (exact) mass is 262 g/mol. The number of benzene rings is 1. The van der Waals surface area contributed by atoms with Crippen LogP contribution in [0.1, 0.15) is 24.2 Å². The molecule has 3 nitrogen and oxygen atoms in total. The van der Waals surface area contributed by atoms with Crippen molar-refractivity contribution in [3.8, 4) is 0 Å². The van der Waals surface area contributed by atoms with Crippen LogP contribution in [0.5, 0.6) is 0 Å². The van der Waals surface area contributed by atoms with Gasteiger partial charge in [0.1, 0.15) is 4.75 Å². The third kappa shape index (κ3) is 2.52. The summed E-state index contributed by atoms with van der Waals surface area (Å²) in [5.41, 5.74) is -0.167. The molecule has 0 aliphatic carbocycles. The van der Waals surface area contributed by atoms with Gasteiger partial charge in [0.05, 0.1) is 0 Å². The summed E-state index contributed by atoms with van der Waals surface area (Å²) in [4.78, 5) is 11.9. The Morgan fingerprint density at radius 1 is 1.18 bits per heavy atom. The van der Waals surface area contributed by atoms with Crippen LogP contribution in [0.4, 0.5) is 8.78 Å². The smallest absolute Gasteiger partial charge is 0.183 e. The SMILES string of the molecule is CC(C)(C(=O)c1ccc(F)c(F)c1)S(C)(=O)=O. The lowest BCUT2D eigenvalue weighted by molar-refractivity contribution is 0.0953. The van der Waals surface area contributed by atoms with Crippen LogP contribution < -0.4 is 0 Å². The third-order valence-corrected chi connectivity index (χ3v) is 4.69. The van der Waals surface area contributed by atoms with Gasteiger partial charge in [0, 0.05) is 11.8 Å². The summed E-state index contributed by atoms with van der Waals surface area (Å²) in [6.45, 7) is 2.46. The summed E-state index contributed by atoms with van der Waals surface area (Å²) in [5.74, 6) is -3.03. The highest BCUT2D eigenvalue weighted by molar-refractivity contribution is 7.92. The summed E-state index contributed by atoms with van der Waals surface area (Å²) in [5, 5.41) is 0. The fraction of sp³-hybridized carbons (Fsp3) is 0.364. The van der Waals surface area contributed by atoms with Crippen molar-refractivity contribution in [2.75, 3.05) is 6.26 Å². The van der Waals surface area contributed by atoms with Crippen molar-refractivity contribution in [2.45, 2.75) is 18.6 Å². The van der Waals surface area contributed by atoms with Crippen molar-refractivity contribution in [3.05, 3.63) is 35.4 Å². The average Bonchev–Trinajstić information content (AvgIpc) is 2.19. The molecule has 0 unspecified atom stereocenters. The molecule has 0 heterocycles. The molecule has 0 radical (unpaired) electrons. The summed E-state index contributed by atoms with van der Waals surface area (Å²) in [6, 6.07) is 2.55. The number of hydrogen-bond donors (Lipinski definition) is 0. The normalized spacial score (nSPS) is 12.5. The lowest BCUT2D eigenvalue weighted by Gasteiger charge is -2.20. The van der Waals surface area contributed by atoms with Crippen LogP contribution in [-0.2, 0) is 9.84 Å². The topological polar surface area (TPSA) is 51.2 Å². The number of ketones is 1. The summed E-state index contributed by atoms with van der Waals surface area (Å²) in [7, 11) is -3.64. The molecule has 1 aromatic carbocycles. The number of carbonyl (C=O) groups is 1. The number of carbonyl (C=O) groups excluding carboxylic acids is 1. The van der Waals surface area contributed by atoms with Gasteiger partial charge in [0.15, 0.2) is 27.3 Å². The van der Waals surface area contributed by atoms with Gasteiger partial charge in [-0.05, 0) is 32.0 Å². The van der Waals surface area contributed by atoms with Gasteiger partial charge in [0.25, 0.3) is 0 Å². The Hall–Kier alpha value is -1.30. The summed E-state index contributed by atoms with van der Waals surface area (Å²) in [6.07, 6.45) is 0.921. The van der Waals surface area contributed by atoms with E-state index in [0.717, 1.165) is 18.4 Å². The molecule has 0 spiro atoms. The lowest BCUT2D eigenvalue weighted by atomic mass is 10.0. The van der Waals surface area contributed by atoms with Crippen molar-refractivity contribution < 1.29 is 22.0 Å². The summed E-state index contributed by atoms with van der Waals surface area (Å²) >= 11 is 0. The highest BCUT2D eigenvalue weighted by Crippen LogP contribution is 2.22. The molecule has 1 rings (SSSR count). The van der Waals surface area contributed by atoms with E-state index >= 15 is 0 Å². The first-order valence-corrected chi connectivity index (χ1v) is 6.66. The summed E-state index contributed by atoms with van der Waals surface area (Å²) < 4.78 is 46.8. The van der Waals surface area contributed by atoms with Crippen LogP contribution in [0.3, 0.4) is 0 Å². The minimum absolute atomic E-state index is 0.167. The van der Waals surface area contributed by atoms with Crippen LogP contribution >= 0.6 is 0 Å². The van der Waals surface area contributed by atoms with Gasteiger partial charge in [-0.1, -0.05) is 0 Å². The van der Waals surface area contributed by atoms with Gasteiger partial charge in [-0.3, -0.25) is 4.79 Å². The Morgan fingerprint density at radius 2 is 1.71 bits per heavy atom. The van der Waals surface area contributed by atoms with E-state index in [4.69, 9.17) is 0 Å². The Morgan fingerprint density at radius 3 is 2.12 bits per heavy atom. The second-order valence-electron chi connectivity index (χ2n) is 4.24. The molecule has 0 fully saturated rings. The highest BCUT2D eigenvalue weighted by atomic mass is 32.2. The Balaban J connectivity index is 3.27. The Bertz CT molecular complexity index is 562. The fourth-order valence-corrected chi connectivity index (χ4v) is 1.61. The zero-order valence-corrected chi connectivity index (χ0v) is 10.4. The molecule has 0 saturated carbocycles. The number of rotatable bonds is 3. The minimum atomic E-state index is -3.64. The molecule has 0 amide bonds. The molecule has 0 bridgehead atoms. The minimum Gasteiger partial charge on any atom is -0.292 e. The van der Waals surface area contributed by atoms with Gasteiger partial charge in [-0.2, -0.15) is 0 Å². The van der Waals surface area contributed by atoms with Crippen molar-refractivity contribution in [1.29, 1.82) is 0 Å². The second-order valence-corrected chi connectivity index (χ2v) is 6.81. The van der Waals surface area contributed by atoms with Gasteiger partial charge in [-0.25, -0.2) is 17.2 Å². The van der Waals surface area contributed by atoms with Gasteiger partial charge >= 0.3 is 0 Å². The van der Waals surface area contributed by atoms with E-state index in [1.807, 2.05) is 0 Å². The van der Waals surface area contributed by atoms with Crippen LogP contribution in [0.15, 0.2) is 18.2 Å².